The predicted molar refractivity (Wildman–Crippen MR) is 111 cm³/mol. The van der Waals surface area contributed by atoms with Crippen LogP contribution in [-0.2, 0) is 22.7 Å². The second-order valence-corrected chi connectivity index (χ2v) is 6.97. The number of aromatic nitrogens is 1. The van der Waals surface area contributed by atoms with Crippen molar-refractivity contribution in [3.63, 3.8) is 0 Å². The van der Waals surface area contributed by atoms with E-state index in [9.17, 15) is 14.4 Å². The molecule has 0 radical (unpaired) electrons. The van der Waals surface area contributed by atoms with E-state index in [1.807, 2.05) is 30.3 Å². The molecule has 156 valence electrons. The van der Waals surface area contributed by atoms with Gasteiger partial charge in [0.25, 0.3) is 11.8 Å². The molecule has 0 unspecified atom stereocenters. The summed E-state index contributed by atoms with van der Waals surface area (Å²) in [5.74, 6) is -0.553. The fourth-order valence-corrected chi connectivity index (χ4v) is 3.20. The molecule has 0 saturated heterocycles. The van der Waals surface area contributed by atoms with Crippen molar-refractivity contribution in [1.29, 1.82) is 0 Å². The zero-order valence-electron chi connectivity index (χ0n) is 16.7. The van der Waals surface area contributed by atoms with Crippen molar-refractivity contribution in [3.05, 3.63) is 95.3 Å². The van der Waals surface area contributed by atoms with Crippen LogP contribution in [0.1, 0.15) is 38.4 Å². The third kappa shape index (κ3) is 4.78. The van der Waals surface area contributed by atoms with Crippen LogP contribution >= 0.6 is 0 Å². The number of pyridine rings is 1. The number of esters is 1. The number of carbonyl (C=O) groups is 3. The number of imide groups is 1. The number of nitrogens with zero attached hydrogens (tertiary/aromatic N) is 2. The SMILES string of the molecule is O=C(CCN1C(=O)c2ccccc2C1=O)OCc1ccc(OCc2ccccn2)cc1. The molecule has 2 aromatic carbocycles. The summed E-state index contributed by atoms with van der Waals surface area (Å²) in [7, 11) is 0. The Bertz CT molecular complexity index is 1060. The Hall–Kier alpha value is -4.00. The van der Waals surface area contributed by atoms with E-state index in [0.717, 1.165) is 16.2 Å². The predicted octanol–water partition coefficient (Wildman–Crippen LogP) is 3.39. The molecule has 0 fully saturated rings. The van der Waals surface area contributed by atoms with E-state index < -0.39 is 5.97 Å². The molecule has 7 heteroatoms. The number of hydrogen-bond donors (Lipinski definition) is 0. The van der Waals surface area contributed by atoms with Crippen LogP contribution < -0.4 is 4.74 Å². The van der Waals surface area contributed by atoms with Gasteiger partial charge in [-0.15, -0.1) is 0 Å². The molecule has 0 atom stereocenters. The molecule has 2 heterocycles. The number of ether oxygens (including phenoxy) is 2. The molecule has 0 spiro atoms. The molecular formula is C24H20N2O5. The first kappa shape index (κ1) is 20.3. The molecule has 1 aromatic heterocycles. The normalized spacial score (nSPS) is 12.6. The van der Waals surface area contributed by atoms with Gasteiger partial charge in [-0.2, -0.15) is 0 Å². The topological polar surface area (TPSA) is 85.8 Å². The molecule has 0 N–H and O–H groups in total. The summed E-state index contributed by atoms with van der Waals surface area (Å²) in [5, 5.41) is 0. The van der Waals surface area contributed by atoms with Gasteiger partial charge in [-0.1, -0.05) is 30.3 Å². The average molecular weight is 416 g/mol. The van der Waals surface area contributed by atoms with Gasteiger partial charge in [-0.3, -0.25) is 24.3 Å². The number of benzene rings is 2. The number of amides is 2. The quantitative estimate of drug-likeness (QED) is 0.413. The highest BCUT2D eigenvalue weighted by molar-refractivity contribution is 6.21. The zero-order valence-corrected chi connectivity index (χ0v) is 16.7. The second-order valence-electron chi connectivity index (χ2n) is 6.97. The minimum absolute atomic E-state index is 0.00845. The Morgan fingerprint density at radius 2 is 1.52 bits per heavy atom. The highest BCUT2D eigenvalue weighted by Gasteiger charge is 2.35. The van der Waals surface area contributed by atoms with E-state index in [1.165, 1.54) is 0 Å². The van der Waals surface area contributed by atoms with E-state index in [2.05, 4.69) is 4.98 Å². The van der Waals surface area contributed by atoms with E-state index >= 15 is 0 Å². The van der Waals surface area contributed by atoms with Crippen LogP contribution in [-0.4, -0.2) is 34.2 Å². The Labute approximate surface area is 179 Å². The van der Waals surface area contributed by atoms with Crippen LogP contribution in [0.2, 0.25) is 0 Å². The van der Waals surface area contributed by atoms with Gasteiger partial charge in [0.15, 0.2) is 0 Å². The summed E-state index contributed by atoms with van der Waals surface area (Å²) >= 11 is 0. The maximum Gasteiger partial charge on any atom is 0.307 e. The van der Waals surface area contributed by atoms with Gasteiger partial charge in [-0.25, -0.2) is 0 Å². The van der Waals surface area contributed by atoms with Crippen molar-refractivity contribution in [2.75, 3.05) is 6.54 Å². The highest BCUT2D eigenvalue weighted by Crippen LogP contribution is 2.22. The minimum Gasteiger partial charge on any atom is -0.487 e. The van der Waals surface area contributed by atoms with Crippen LogP contribution in [0, 0.1) is 0 Å². The molecule has 0 bridgehead atoms. The van der Waals surface area contributed by atoms with Crippen molar-refractivity contribution in [2.45, 2.75) is 19.6 Å². The third-order valence-corrected chi connectivity index (χ3v) is 4.85. The first-order chi connectivity index (χ1) is 15.1. The molecule has 1 aliphatic rings. The molecule has 0 aliphatic carbocycles. The van der Waals surface area contributed by atoms with E-state index in [-0.39, 0.29) is 31.4 Å². The summed E-state index contributed by atoms with van der Waals surface area (Å²) in [6.07, 6.45) is 1.65. The molecule has 4 rings (SSSR count). The minimum atomic E-state index is -0.480. The van der Waals surface area contributed by atoms with Crippen LogP contribution in [0.5, 0.6) is 5.75 Å². The fourth-order valence-electron chi connectivity index (χ4n) is 3.20. The molecule has 31 heavy (non-hydrogen) atoms. The van der Waals surface area contributed by atoms with E-state index in [1.54, 1.807) is 42.6 Å². The van der Waals surface area contributed by atoms with Gasteiger partial charge >= 0.3 is 5.97 Å². The van der Waals surface area contributed by atoms with Crippen LogP contribution in [0.3, 0.4) is 0 Å². The molecule has 0 saturated carbocycles. The van der Waals surface area contributed by atoms with Crippen LogP contribution in [0.15, 0.2) is 72.9 Å². The van der Waals surface area contributed by atoms with Crippen LogP contribution in [0.25, 0.3) is 0 Å². The molecule has 2 amide bonds. The first-order valence-electron chi connectivity index (χ1n) is 9.84. The highest BCUT2D eigenvalue weighted by atomic mass is 16.5. The molecule has 1 aliphatic heterocycles. The largest absolute Gasteiger partial charge is 0.487 e. The molecular weight excluding hydrogens is 396 g/mol. The van der Waals surface area contributed by atoms with E-state index in [4.69, 9.17) is 9.47 Å². The summed E-state index contributed by atoms with van der Waals surface area (Å²) in [6, 6.07) is 19.5. The Morgan fingerprint density at radius 3 is 2.16 bits per heavy atom. The van der Waals surface area contributed by atoms with Crippen molar-refractivity contribution < 1.29 is 23.9 Å². The average Bonchev–Trinajstić information content (AvgIpc) is 3.06. The number of rotatable bonds is 8. The number of hydrogen-bond acceptors (Lipinski definition) is 6. The molecule has 7 nitrogen and oxygen atoms in total. The van der Waals surface area contributed by atoms with Crippen molar-refractivity contribution in [1.82, 2.24) is 9.88 Å². The van der Waals surface area contributed by atoms with Gasteiger partial charge in [-0.05, 0) is 42.0 Å². The van der Waals surface area contributed by atoms with Gasteiger partial charge in [0.2, 0.25) is 0 Å². The van der Waals surface area contributed by atoms with Crippen LogP contribution in [0.4, 0.5) is 0 Å². The van der Waals surface area contributed by atoms with E-state index in [0.29, 0.717) is 23.5 Å². The first-order valence-corrected chi connectivity index (χ1v) is 9.84. The van der Waals surface area contributed by atoms with Gasteiger partial charge in [0.05, 0.1) is 23.2 Å². The lowest BCUT2D eigenvalue weighted by Crippen LogP contribution is -2.32. The molecule has 3 aromatic rings. The van der Waals surface area contributed by atoms with Crippen molar-refractivity contribution in [2.24, 2.45) is 0 Å². The Kier molecular flexibility index (Phi) is 6.03. The summed E-state index contributed by atoms with van der Waals surface area (Å²) < 4.78 is 10.9. The monoisotopic (exact) mass is 416 g/mol. The lowest BCUT2D eigenvalue weighted by atomic mass is 10.1. The number of fused-ring (bicyclic) bond motifs is 1. The summed E-state index contributed by atoms with van der Waals surface area (Å²) in [5.41, 5.74) is 2.37. The standard InChI is InChI=1S/C24H20N2O5/c27-22(12-14-26-23(28)20-6-1-2-7-21(20)24(26)29)31-15-17-8-10-19(11-9-17)30-16-18-5-3-4-13-25-18/h1-11,13H,12,14-16H2. The second kappa shape index (κ2) is 9.21. The van der Waals surface area contributed by atoms with Gasteiger partial charge in [0.1, 0.15) is 19.0 Å². The van der Waals surface area contributed by atoms with Crippen molar-refractivity contribution >= 4 is 17.8 Å². The summed E-state index contributed by atoms with van der Waals surface area (Å²) in [6.45, 7) is 0.458. The maximum absolute atomic E-state index is 12.3. The third-order valence-electron chi connectivity index (χ3n) is 4.85. The lowest BCUT2D eigenvalue weighted by Gasteiger charge is -2.13. The maximum atomic E-state index is 12.3. The summed E-state index contributed by atoms with van der Waals surface area (Å²) in [4.78, 5) is 42.0. The smallest absolute Gasteiger partial charge is 0.307 e. The Morgan fingerprint density at radius 1 is 0.839 bits per heavy atom. The number of carbonyl (C=O) groups excluding carboxylic acids is 3. The fraction of sp³-hybridized carbons (Fsp3) is 0.167. The Balaban J connectivity index is 1.22. The van der Waals surface area contributed by atoms with Gasteiger partial charge in [0, 0.05) is 12.7 Å². The lowest BCUT2D eigenvalue weighted by molar-refractivity contribution is -0.145. The van der Waals surface area contributed by atoms with Gasteiger partial charge < -0.3 is 9.47 Å². The zero-order chi connectivity index (χ0) is 21.6. The van der Waals surface area contributed by atoms with Crippen molar-refractivity contribution in [3.8, 4) is 5.75 Å².